The highest BCUT2D eigenvalue weighted by molar-refractivity contribution is 5.43. The molecule has 1 aromatic rings. The van der Waals surface area contributed by atoms with E-state index >= 15 is 0 Å². The highest BCUT2D eigenvalue weighted by atomic mass is 16.5. The SMILES string of the molecule is CCOC(C)(C)CNCc1ccc(OC(C)C)c(OC)c1. The minimum atomic E-state index is -0.153. The van der Waals surface area contributed by atoms with Crippen LogP contribution in [0.1, 0.15) is 40.2 Å². The summed E-state index contributed by atoms with van der Waals surface area (Å²) >= 11 is 0. The Morgan fingerprint density at radius 2 is 1.90 bits per heavy atom. The van der Waals surface area contributed by atoms with Crippen molar-refractivity contribution in [2.45, 2.75) is 52.9 Å². The lowest BCUT2D eigenvalue weighted by Crippen LogP contribution is -2.37. The first-order valence-electron chi connectivity index (χ1n) is 7.56. The van der Waals surface area contributed by atoms with Gasteiger partial charge >= 0.3 is 0 Å². The smallest absolute Gasteiger partial charge is 0.161 e. The summed E-state index contributed by atoms with van der Waals surface area (Å²) < 4.78 is 16.8. The summed E-state index contributed by atoms with van der Waals surface area (Å²) in [6.45, 7) is 12.5. The molecule has 1 aromatic carbocycles. The van der Waals surface area contributed by atoms with Gasteiger partial charge in [0.1, 0.15) is 0 Å². The second kappa shape index (κ2) is 8.25. The molecule has 0 aliphatic heterocycles. The van der Waals surface area contributed by atoms with E-state index in [1.54, 1.807) is 7.11 Å². The molecule has 21 heavy (non-hydrogen) atoms. The third-order valence-corrected chi connectivity index (χ3v) is 3.01. The number of hydrogen-bond acceptors (Lipinski definition) is 4. The van der Waals surface area contributed by atoms with Gasteiger partial charge in [0, 0.05) is 19.7 Å². The first kappa shape index (κ1) is 17.8. The van der Waals surface area contributed by atoms with Gasteiger partial charge in [0.05, 0.1) is 18.8 Å². The predicted octanol–water partition coefficient (Wildman–Crippen LogP) is 3.39. The van der Waals surface area contributed by atoms with Gasteiger partial charge in [-0.15, -0.1) is 0 Å². The molecule has 0 heterocycles. The molecule has 0 aliphatic rings. The number of rotatable bonds is 9. The van der Waals surface area contributed by atoms with E-state index in [9.17, 15) is 0 Å². The van der Waals surface area contributed by atoms with Crippen LogP contribution in [0.25, 0.3) is 0 Å². The van der Waals surface area contributed by atoms with Crippen molar-refractivity contribution in [1.82, 2.24) is 5.32 Å². The quantitative estimate of drug-likeness (QED) is 0.758. The monoisotopic (exact) mass is 295 g/mol. The average Bonchev–Trinajstić information content (AvgIpc) is 2.39. The van der Waals surface area contributed by atoms with E-state index in [4.69, 9.17) is 14.2 Å². The van der Waals surface area contributed by atoms with Crippen LogP contribution in [0.3, 0.4) is 0 Å². The molecule has 0 saturated heterocycles. The molecular formula is C17H29NO3. The van der Waals surface area contributed by atoms with Gasteiger partial charge in [-0.3, -0.25) is 0 Å². The molecule has 0 fully saturated rings. The summed E-state index contributed by atoms with van der Waals surface area (Å²) in [6, 6.07) is 6.03. The third-order valence-electron chi connectivity index (χ3n) is 3.01. The van der Waals surface area contributed by atoms with Gasteiger partial charge in [-0.05, 0) is 52.3 Å². The zero-order valence-electron chi connectivity index (χ0n) is 14.2. The van der Waals surface area contributed by atoms with Crippen LogP contribution in [-0.4, -0.2) is 32.0 Å². The van der Waals surface area contributed by atoms with Gasteiger partial charge in [-0.2, -0.15) is 0 Å². The van der Waals surface area contributed by atoms with Crippen LogP contribution in [0, 0.1) is 0 Å². The van der Waals surface area contributed by atoms with E-state index in [1.807, 2.05) is 32.9 Å². The first-order valence-corrected chi connectivity index (χ1v) is 7.56. The van der Waals surface area contributed by atoms with Gasteiger partial charge < -0.3 is 19.5 Å². The second-order valence-electron chi connectivity index (χ2n) is 5.95. The van der Waals surface area contributed by atoms with Gasteiger partial charge in [0.2, 0.25) is 0 Å². The van der Waals surface area contributed by atoms with Crippen LogP contribution in [0.5, 0.6) is 11.5 Å². The molecule has 0 unspecified atom stereocenters. The highest BCUT2D eigenvalue weighted by Crippen LogP contribution is 2.28. The topological polar surface area (TPSA) is 39.7 Å². The zero-order valence-corrected chi connectivity index (χ0v) is 14.2. The number of nitrogens with one attached hydrogen (secondary N) is 1. The lowest BCUT2D eigenvalue weighted by Gasteiger charge is -2.25. The molecule has 1 N–H and O–H groups in total. The molecule has 0 atom stereocenters. The molecule has 4 heteroatoms. The molecule has 1 rings (SSSR count). The predicted molar refractivity (Wildman–Crippen MR) is 86.2 cm³/mol. The molecule has 4 nitrogen and oxygen atoms in total. The van der Waals surface area contributed by atoms with Gasteiger partial charge in [0.25, 0.3) is 0 Å². The van der Waals surface area contributed by atoms with Gasteiger partial charge in [-0.1, -0.05) is 6.07 Å². The average molecular weight is 295 g/mol. The normalized spacial score (nSPS) is 11.8. The lowest BCUT2D eigenvalue weighted by atomic mass is 10.1. The molecule has 0 aromatic heterocycles. The number of ether oxygens (including phenoxy) is 3. The maximum absolute atomic E-state index is 5.72. The molecule has 0 spiro atoms. The van der Waals surface area contributed by atoms with Crippen LogP contribution in [0.4, 0.5) is 0 Å². The van der Waals surface area contributed by atoms with Gasteiger partial charge in [0.15, 0.2) is 11.5 Å². The van der Waals surface area contributed by atoms with Crippen molar-refractivity contribution in [3.05, 3.63) is 23.8 Å². The molecular weight excluding hydrogens is 266 g/mol. The number of benzene rings is 1. The Labute approximate surface area is 128 Å². The van der Waals surface area contributed by atoms with Crippen molar-refractivity contribution in [2.24, 2.45) is 0 Å². The summed E-state index contributed by atoms with van der Waals surface area (Å²) in [5.41, 5.74) is 1.01. The molecule has 0 radical (unpaired) electrons. The lowest BCUT2D eigenvalue weighted by molar-refractivity contribution is -0.00897. The molecule has 0 saturated carbocycles. The van der Waals surface area contributed by atoms with Crippen LogP contribution in [0.2, 0.25) is 0 Å². The van der Waals surface area contributed by atoms with Gasteiger partial charge in [-0.25, -0.2) is 0 Å². The van der Waals surface area contributed by atoms with Crippen LogP contribution >= 0.6 is 0 Å². The Hall–Kier alpha value is -1.26. The maximum Gasteiger partial charge on any atom is 0.161 e. The van der Waals surface area contributed by atoms with E-state index in [-0.39, 0.29) is 11.7 Å². The summed E-state index contributed by atoms with van der Waals surface area (Å²) in [7, 11) is 1.66. The van der Waals surface area contributed by atoms with E-state index < -0.39 is 0 Å². The van der Waals surface area contributed by atoms with Crippen molar-refractivity contribution < 1.29 is 14.2 Å². The Balaban J connectivity index is 2.60. The molecule has 0 amide bonds. The summed E-state index contributed by atoms with van der Waals surface area (Å²) in [6.07, 6.45) is 0.134. The summed E-state index contributed by atoms with van der Waals surface area (Å²) in [4.78, 5) is 0. The Bertz CT molecular complexity index is 430. The van der Waals surface area contributed by atoms with Crippen molar-refractivity contribution in [2.75, 3.05) is 20.3 Å². The molecule has 120 valence electrons. The Morgan fingerprint density at radius 3 is 2.48 bits per heavy atom. The minimum Gasteiger partial charge on any atom is -0.493 e. The Kier molecular flexibility index (Phi) is 6.99. The highest BCUT2D eigenvalue weighted by Gasteiger charge is 2.16. The largest absolute Gasteiger partial charge is 0.493 e. The van der Waals surface area contributed by atoms with Crippen LogP contribution in [0.15, 0.2) is 18.2 Å². The summed E-state index contributed by atoms with van der Waals surface area (Å²) in [5.74, 6) is 1.55. The molecule has 0 aliphatic carbocycles. The van der Waals surface area contributed by atoms with Crippen LogP contribution in [-0.2, 0) is 11.3 Å². The van der Waals surface area contributed by atoms with Crippen molar-refractivity contribution in [3.8, 4) is 11.5 Å². The maximum atomic E-state index is 5.72. The van der Waals surface area contributed by atoms with E-state index in [1.165, 1.54) is 0 Å². The standard InChI is InChI=1S/C17H29NO3/c1-7-20-17(4,5)12-18-11-14-8-9-15(21-13(2)3)16(10-14)19-6/h8-10,13,18H,7,11-12H2,1-6H3. The Morgan fingerprint density at radius 1 is 1.19 bits per heavy atom. The van der Waals surface area contributed by atoms with E-state index in [2.05, 4.69) is 25.2 Å². The fraction of sp³-hybridized carbons (Fsp3) is 0.647. The van der Waals surface area contributed by atoms with Crippen molar-refractivity contribution in [3.63, 3.8) is 0 Å². The first-order chi connectivity index (χ1) is 9.88. The van der Waals surface area contributed by atoms with E-state index in [0.717, 1.165) is 36.8 Å². The number of methoxy groups -OCH3 is 1. The third kappa shape index (κ3) is 6.36. The molecule has 0 bridgehead atoms. The van der Waals surface area contributed by atoms with Crippen molar-refractivity contribution >= 4 is 0 Å². The summed E-state index contributed by atoms with van der Waals surface area (Å²) in [5, 5.41) is 3.42. The fourth-order valence-electron chi connectivity index (χ4n) is 2.12. The minimum absolute atomic E-state index is 0.134. The van der Waals surface area contributed by atoms with Crippen molar-refractivity contribution in [1.29, 1.82) is 0 Å². The zero-order chi connectivity index (χ0) is 15.9. The number of hydrogen-bond donors (Lipinski definition) is 1. The van der Waals surface area contributed by atoms with Crippen LogP contribution < -0.4 is 14.8 Å². The second-order valence-corrected chi connectivity index (χ2v) is 5.95. The fourth-order valence-corrected chi connectivity index (χ4v) is 2.12. The van der Waals surface area contributed by atoms with E-state index in [0.29, 0.717) is 0 Å².